The van der Waals surface area contributed by atoms with Gasteiger partial charge in [-0.15, -0.1) is 9.19 Å². The van der Waals surface area contributed by atoms with Gasteiger partial charge in [-0.2, -0.15) is 17.0 Å². The van der Waals surface area contributed by atoms with Gasteiger partial charge < -0.3 is 5.41 Å². The highest BCUT2D eigenvalue weighted by atomic mass is 35.5. The highest BCUT2D eigenvalue weighted by Gasteiger charge is 2.41. The Hall–Kier alpha value is -1.93. The zero-order valence-corrected chi connectivity index (χ0v) is 17.8. The van der Waals surface area contributed by atoms with E-state index in [-0.39, 0.29) is 28.9 Å². The van der Waals surface area contributed by atoms with E-state index in [1.54, 1.807) is 0 Å². The monoisotopic (exact) mass is 464 g/mol. The van der Waals surface area contributed by atoms with Gasteiger partial charge in [0.15, 0.2) is 0 Å². The van der Waals surface area contributed by atoms with Gasteiger partial charge in [-0.3, -0.25) is 0 Å². The molecule has 1 aromatic carbocycles. The first kappa shape index (κ1) is 21.8. The van der Waals surface area contributed by atoms with Gasteiger partial charge in [0, 0.05) is 20.1 Å². The summed E-state index contributed by atoms with van der Waals surface area (Å²) in [6.07, 6.45) is 1.96. The Morgan fingerprint density at radius 2 is 1.97 bits per heavy atom. The third-order valence-electron chi connectivity index (χ3n) is 4.22. The van der Waals surface area contributed by atoms with Gasteiger partial charge in [-0.25, -0.2) is 17.8 Å². The molecule has 0 aliphatic heterocycles. The molecule has 158 valence electrons. The van der Waals surface area contributed by atoms with Crippen LogP contribution in [0.2, 0.25) is 5.02 Å². The molecule has 0 atom stereocenters. The van der Waals surface area contributed by atoms with Crippen LogP contribution in [0.25, 0.3) is 0 Å². The number of nitrogens with one attached hydrogen (secondary N) is 1. The molecule has 29 heavy (non-hydrogen) atoms. The van der Waals surface area contributed by atoms with Crippen molar-refractivity contribution in [2.24, 2.45) is 0 Å². The highest BCUT2D eigenvalue weighted by molar-refractivity contribution is 7.89. The number of nitrogens with zero attached hydrogens (tertiary/aromatic N) is 5. The quantitative estimate of drug-likeness (QED) is 0.579. The van der Waals surface area contributed by atoms with E-state index in [0.717, 1.165) is 21.0 Å². The standard InChI is InChI=1S/C15H18ClFN6O4S2/c1-21(2)29(26,27)23-9-19-15(20-23)28(24,25)22(11-4-5-11)8-14(18)10-3-6-12(16)13(17)7-10/h3,6-7,9,11,18H,4-5,8H2,1-2H3. The number of hydrogen-bond acceptors (Lipinski definition) is 7. The molecule has 0 amide bonds. The van der Waals surface area contributed by atoms with Gasteiger partial charge >= 0.3 is 10.2 Å². The Kier molecular flexibility index (Phi) is 5.80. The third-order valence-corrected chi connectivity index (χ3v) is 7.80. The largest absolute Gasteiger partial charge is 0.323 e. The van der Waals surface area contributed by atoms with Crippen molar-refractivity contribution in [1.29, 1.82) is 5.41 Å². The SMILES string of the molecule is CN(C)S(=O)(=O)n1cnc(S(=O)(=O)N(CC(=N)c2ccc(Cl)c(F)c2)C2CC2)n1. The van der Waals surface area contributed by atoms with Crippen molar-refractivity contribution in [2.75, 3.05) is 20.6 Å². The highest BCUT2D eigenvalue weighted by Crippen LogP contribution is 2.31. The molecule has 1 heterocycles. The Morgan fingerprint density at radius 3 is 2.52 bits per heavy atom. The molecule has 0 bridgehead atoms. The van der Waals surface area contributed by atoms with Crippen LogP contribution in [0.1, 0.15) is 18.4 Å². The van der Waals surface area contributed by atoms with Crippen LogP contribution in [-0.4, -0.2) is 72.0 Å². The van der Waals surface area contributed by atoms with Crippen LogP contribution >= 0.6 is 11.6 Å². The average Bonchev–Trinajstić information content (AvgIpc) is 3.34. The second kappa shape index (κ2) is 7.72. The number of sulfonamides is 1. The maximum absolute atomic E-state index is 13.7. The van der Waals surface area contributed by atoms with Crippen LogP contribution in [0, 0.1) is 11.2 Å². The Labute approximate surface area is 172 Å². The van der Waals surface area contributed by atoms with Gasteiger partial charge in [0.2, 0.25) is 0 Å². The predicted octanol–water partition coefficient (Wildman–Crippen LogP) is 0.946. The van der Waals surface area contributed by atoms with Gasteiger partial charge in [0.25, 0.3) is 15.2 Å². The minimum atomic E-state index is -4.28. The maximum atomic E-state index is 13.7. The number of aromatic nitrogens is 3. The second-order valence-corrected chi connectivity index (χ2v) is 10.8. The van der Waals surface area contributed by atoms with Crippen molar-refractivity contribution in [1.82, 2.24) is 22.8 Å². The molecule has 10 nitrogen and oxygen atoms in total. The number of hydrogen-bond donors (Lipinski definition) is 1. The van der Waals surface area contributed by atoms with E-state index in [1.165, 1.54) is 26.2 Å². The molecule has 1 saturated carbocycles. The van der Waals surface area contributed by atoms with Crippen LogP contribution in [-0.2, 0) is 20.2 Å². The second-order valence-electron chi connectivity index (χ2n) is 6.58. The lowest BCUT2D eigenvalue weighted by Crippen LogP contribution is -2.38. The summed E-state index contributed by atoms with van der Waals surface area (Å²) in [5.74, 6) is -0.718. The molecular weight excluding hydrogens is 447 g/mol. The Balaban J connectivity index is 1.90. The van der Waals surface area contributed by atoms with Crippen LogP contribution in [0.5, 0.6) is 0 Å². The molecule has 1 fully saturated rings. The van der Waals surface area contributed by atoms with Gasteiger partial charge in [0.1, 0.15) is 12.1 Å². The van der Waals surface area contributed by atoms with Crippen molar-refractivity contribution >= 4 is 37.5 Å². The fourth-order valence-electron chi connectivity index (χ4n) is 2.44. The fourth-order valence-corrected chi connectivity index (χ4v) is 4.77. The Bertz CT molecular complexity index is 1160. The molecular formula is C15H18ClFN6O4S2. The molecule has 0 radical (unpaired) electrons. The molecule has 0 saturated heterocycles. The predicted molar refractivity (Wildman–Crippen MR) is 103 cm³/mol. The lowest BCUT2D eigenvalue weighted by Gasteiger charge is -2.20. The van der Waals surface area contributed by atoms with Crippen LogP contribution in [0.4, 0.5) is 4.39 Å². The molecule has 1 N–H and O–H groups in total. The van der Waals surface area contributed by atoms with Gasteiger partial charge in [-0.05, 0) is 30.5 Å². The van der Waals surface area contributed by atoms with Crippen molar-refractivity contribution in [3.63, 3.8) is 0 Å². The molecule has 2 aromatic rings. The van der Waals surface area contributed by atoms with E-state index in [9.17, 15) is 21.2 Å². The van der Waals surface area contributed by atoms with E-state index in [4.69, 9.17) is 17.0 Å². The minimum absolute atomic E-state index is 0.106. The third kappa shape index (κ3) is 4.33. The molecule has 1 aliphatic rings. The van der Waals surface area contributed by atoms with Crippen molar-refractivity contribution in [3.05, 3.63) is 40.9 Å². The van der Waals surface area contributed by atoms with Crippen LogP contribution < -0.4 is 0 Å². The molecule has 3 rings (SSSR count). The summed E-state index contributed by atoms with van der Waals surface area (Å²) >= 11 is 5.64. The Morgan fingerprint density at radius 1 is 1.31 bits per heavy atom. The van der Waals surface area contributed by atoms with Gasteiger partial charge in [-0.1, -0.05) is 17.7 Å². The van der Waals surface area contributed by atoms with Gasteiger partial charge in [0.05, 0.1) is 17.3 Å². The lowest BCUT2D eigenvalue weighted by molar-refractivity contribution is 0.437. The normalized spacial score (nSPS) is 15.2. The molecule has 0 unspecified atom stereocenters. The maximum Gasteiger partial charge on any atom is 0.323 e. The first-order valence-corrected chi connectivity index (χ1v) is 11.6. The summed E-state index contributed by atoms with van der Waals surface area (Å²) < 4.78 is 66.3. The summed E-state index contributed by atoms with van der Waals surface area (Å²) in [6, 6.07) is 3.39. The van der Waals surface area contributed by atoms with E-state index < -0.39 is 31.2 Å². The van der Waals surface area contributed by atoms with Crippen molar-refractivity contribution in [3.8, 4) is 0 Å². The zero-order chi connectivity index (χ0) is 21.6. The molecule has 1 aliphatic carbocycles. The van der Waals surface area contributed by atoms with E-state index >= 15 is 0 Å². The van der Waals surface area contributed by atoms with E-state index in [2.05, 4.69) is 10.1 Å². The average molecular weight is 465 g/mol. The van der Waals surface area contributed by atoms with Crippen LogP contribution in [0.3, 0.4) is 0 Å². The summed E-state index contributed by atoms with van der Waals surface area (Å²) in [7, 11) is -5.76. The number of rotatable bonds is 8. The number of halogens is 2. The topological polar surface area (TPSA) is 129 Å². The first-order chi connectivity index (χ1) is 13.4. The van der Waals surface area contributed by atoms with Crippen molar-refractivity contribution in [2.45, 2.75) is 24.0 Å². The van der Waals surface area contributed by atoms with Crippen LogP contribution in [0.15, 0.2) is 29.7 Å². The minimum Gasteiger partial charge on any atom is -0.303 e. The molecule has 1 aromatic heterocycles. The summed E-state index contributed by atoms with van der Waals surface area (Å²) in [4.78, 5) is 3.64. The summed E-state index contributed by atoms with van der Waals surface area (Å²) in [5.41, 5.74) is 0.0396. The van der Waals surface area contributed by atoms with Crippen molar-refractivity contribution < 1.29 is 21.2 Å². The summed E-state index contributed by atoms with van der Waals surface area (Å²) in [5, 5.41) is 11.0. The molecule has 14 heteroatoms. The van der Waals surface area contributed by atoms with E-state index in [1.807, 2.05) is 0 Å². The lowest BCUT2D eigenvalue weighted by atomic mass is 10.1. The number of benzene rings is 1. The zero-order valence-electron chi connectivity index (χ0n) is 15.4. The first-order valence-electron chi connectivity index (χ1n) is 8.34. The van der Waals surface area contributed by atoms with E-state index in [0.29, 0.717) is 16.9 Å². The fraction of sp³-hybridized carbons (Fsp3) is 0.400. The molecule has 0 spiro atoms. The summed E-state index contributed by atoms with van der Waals surface area (Å²) in [6.45, 7) is -0.344. The smallest absolute Gasteiger partial charge is 0.303 e.